The summed E-state index contributed by atoms with van der Waals surface area (Å²) < 4.78 is 8.16. The Bertz CT molecular complexity index is 901. The molecule has 1 fully saturated rings. The van der Waals surface area contributed by atoms with E-state index in [-0.39, 0.29) is 11.7 Å². The minimum absolute atomic E-state index is 0.0319. The van der Waals surface area contributed by atoms with Crippen LogP contribution in [0.1, 0.15) is 17.8 Å². The van der Waals surface area contributed by atoms with Crippen molar-refractivity contribution in [3.63, 3.8) is 0 Å². The molecule has 24 heavy (non-hydrogen) atoms. The number of thiophene rings is 1. The monoisotopic (exact) mass is 346 g/mol. The molecule has 126 valence electrons. The third-order valence-corrected chi connectivity index (χ3v) is 5.04. The summed E-state index contributed by atoms with van der Waals surface area (Å²) in [5, 5.41) is 8.93. The number of aryl methyl sites for hydroxylation is 1. The number of aromatic nitrogens is 5. The molecule has 4 heterocycles. The molecule has 1 unspecified atom stereocenters. The van der Waals surface area contributed by atoms with E-state index in [9.17, 15) is 4.79 Å². The van der Waals surface area contributed by atoms with Gasteiger partial charge in [-0.05, 0) is 18.4 Å². The lowest BCUT2D eigenvalue weighted by Crippen LogP contribution is -2.41. The Kier molecular flexibility index (Phi) is 4.13. The van der Waals surface area contributed by atoms with Crippen molar-refractivity contribution in [1.29, 1.82) is 0 Å². The lowest BCUT2D eigenvalue weighted by Gasteiger charge is -2.31. The first kappa shape index (κ1) is 15.4. The number of hydrogen-bond donors (Lipinski definition) is 1. The van der Waals surface area contributed by atoms with Crippen molar-refractivity contribution in [2.75, 3.05) is 26.2 Å². The molecule has 0 spiro atoms. The molecule has 0 saturated carbocycles. The van der Waals surface area contributed by atoms with Gasteiger partial charge < -0.3 is 4.74 Å². The third-order valence-electron chi connectivity index (χ3n) is 4.15. The van der Waals surface area contributed by atoms with Crippen molar-refractivity contribution in [2.24, 2.45) is 0 Å². The second-order valence-electron chi connectivity index (χ2n) is 5.82. The largest absolute Gasteiger partial charge is 0.367 e. The highest BCUT2D eigenvalue weighted by Gasteiger charge is 2.24. The van der Waals surface area contributed by atoms with E-state index < -0.39 is 0 Å². The van der Waals surface area contributed by atoms with E-state index in [1.807, 2.05) is 18.4 Å². The zero-order valence-corrected chi connectivity index (χ0v) is 14.1. The summed E-state index contributed by atoms with van der Waals surface area (Å²) in [6, 6.07) is 1.87. The smallest absolute Gasteiger partial charge is 0.271 e. The zero-order chi connectivity index (χ0) is 16.5. The van der Waals surface area contributed by atoms with E-state index in [4.69, 9.17) is 4.74 Å². The lowest BCUT2D eigenvalue weighted by atomic mass is 10.2. The van der Waals surface area contributed by atoms with E-state index in [1.165, 1.54) is 11.3 Å². The number of ether oxygens (including phenoxy) is 1. The van der Waals surface area contributed by atoms with Crippen LogP contribution in [0.2, 0.25) is 0 Å². The van der Waals surface area contributed by atoms with Gasteiger partial charge in [-0.1, -0.05) is 0 Å². The summed E-state index contributed by atoms with van der Waals surface area (Å²) >= 11 is 1.44. The van der Waals surface area contributed by atoms with Crippen LogP contribution in [0, 0.1) is 6.92 Å². The number of fused-ring (bicyclic) bond motifs is 1. The lowest BCUT2D eigenvalue weighted by molar-refractivity contribution is -0.0351. The molecule has 3 aromatic heterocycles. The van der Waals surface area contributed by atoms with Gasteiger partial charge in [0.2, 0.25) is 0 Å². The van der Waals surface area contributed by atoms with E-state index in [1.54, 1.807) is 10.9 Å². The molecule has 3 aromatic rings. The Balaban J connectivity index is 1.43. The van der Waals surface area contributed by atoms with Crippen molar-refractivity contribution in [1.82, 2.24) is 29.6 Å². The van der Waals surface area contributed by atoms with Crippen LogP contribution in [-0.2, 0) is 11.3 Å². The average Bonchev–Trinajstić information content (AvgIpc) is 3.24. The molecule has 0 bridgehead atoms. The number of hydrogen-bond acceptors (Lipinski definition) is 7. The molecule has 0 aliphatic carbocycles. The summed E-state index contributed by atoms with van der Waals surface area (Å²) in [5.41, 5.74) is 0.803. The number of H-pyrrole nitrogens is 1. The fourth-order valence-electron chi connectivity index (χ4n) is 2.85. The molecule has 0 aromatic carbocycles. The number of nitrogens with zero attached hydrogens (tertiary/aromatic N) is 5. The maximum absolute atomic E-state index is 12.4. The molecule has 4 rings (SSSR count). The summed E-state index contributed by atoms with van der Waals surface area (Å²) in [6.07, 6.45) is 1.51. The predicted molar refractivity (Wildman–Crippen MR) is 90.1 cm³/mol. The molecule has 0 amide bonds. The second kappa shape index (κ2) is 6.42. The number of rotatable bonds is 4. The van der Waals surface area contributed by atoms with Crippen molar-refractivity contribution in [3.8, 4) is 0 Å². The fourth-order valence-corrected chi connectivity index (χ4v) is 3.65. The summed E-state index contributed by atoms with van der Waals surface area (Å²) in [7, 11) is 0. The molecule has 9 heteroatoms. The summed E-state index contributed by atoms with van der Waals surface area (Å²) in [6.45, 7) is 5.44. The minimum atomic E-state index is -0.127. The van der Waals surface area contributed by atoms with Crippen LogP contribution < -0.4 is 5.56 Å². The molecule has 8 nitrogen and oxygen atoms in total. The predicted octanol–water partition coefficient (Wildman–Crippen LogP) is 0.958. The van der Waals surface area contributed by atoms with E-state index in [2.05, 4.69) is 25.1 Å². The first-order valence-corrected chi connectivity index (χ1v) is 8.74. The van der Waals surface area contributed by atoms with Crippen LogP contribution in [0.5, 0.6) is 0 Å². The average molecular weight is 346 g/mol. The minimum Gasteiger partial charge on any atom is -0.367 e. The van der Waals surface area contributed by atoms with E-state index >= 15 is 0 Å². The topological polar surface area (TPSA) is 88.9 Å². The Labute approximate surface area is 142 Å². The molecule has 1 aliphatic heterocycles. The van der Waals surface area contributed by atoms with Gasteiger partial charge in [0.25, 0.3) is 5.56 Å². The van der Waals surface area contributed by atoms with Crippen LogP contribution in [0.25, 0.3) is 10.2 Å². The molecular formula is C15H18N6O2S. The SMILES string of the molecule is Cc1nc(C2CN(CCn3cnc4ccsc4c3=O)CCO2)n[nH]1. The second-order valence-corrected chi connectivity index (χ2v) is 6.73. The van der Waals surface area contributed by atoms with Crippen LogP contribution in [-0.4, -0.2) is 55.9 Å². The van der Waals surface area contributed by atoms with Crippen LogP contribution in [0.4, 0.5) is 0 Å². The van der Waals surface area contributed by atoms with E-state index in [0.29, 0.717) is 23.7 Å². The normalized spacial score (nSPS) is 19.1. The number of nitrogens with one attached hydrogen (secondary N) is 1. The van der Waals surface area contributed by atoms with Gasteiger partial charge in [-0.15, -0.1) is 11.3 Å². The molecular weight excluding hydrogens is 328 g/mol. The highest BCUT2D eigenvalue weighted by molar-refractivity contribution is 7.17. The van der Waals surface area contributed by atoms with Gasteiger partial charge in [-0.25, -0.2) is 9.97 Å². The molecule has 1 saturated heterocycles. The maximum Gasteiger partial charge on any atom is 0.271 e. The first-order chi connectivity index (χ1) is 11.7. The van der Waals surface area contributed by atoms with Crippen molar-refractivity contribution in [3.05, 3.63) is 39.8 Å². The number of aromatic amines is 1. The number of morpholine rings is 1. The zero-order valence-electron chi connectivity index (χ0n) is 13.3. The highest BCUT2D eigenvalue weighted by Crippen LogP contribution is 2.19. The Hall–Kier alpha value is -2.10. The standard InChI is InChI=1S/C15H18N6O2S/c1-10-17-14(19-18-10)12-8-20(5-6-23-12)3-4-21-9-16-11-2-7-24-13(11)15(21)22/h2,7,9,12H,3-6,8H2,1H3,(H,17,18,19). The Morgan fingerprint density at radius 1 is 1.46 bits per heavy atom. The van der Waals surface area contributed by atoms with Gasteiger partial charge in [0.15, 0.2) is 5.82 Å². The van der Waals surface area contributed by atoms with Crippen molar-refractivity contribution < 1.29 is 4.74 Å². The van der Waals surface area contributed by atoms with Crippen molar-refractivity contribution in [2.45, 2.75) is 19.6 Å². The van der Waals surface area contributed by atoms with Crippen LogP contribution >= 0.6 is 11.3 Å². The van der Waals surface area contributed by atoms with Gasteiger partial charge in [0, 0.05) is 26.2 Å². The summed E-state index contributed by atoms with van der Waals surface area (Å²) in [5.74, 6) is 1.48. The summed E-state index contributed by atoms with van der Waals surface area (Å²) in [4.78, 5) is 23.4. The van der Waals surface area contributed by atoms with Crippen LogP contribution in [0.3, 0.4) is 0 Å². The van der Waals surface area contributed by atoms with E-state index in [0.717, 1.165) is 31.0 Å². The first-order valence-electron chi connectivity index (χ1n) is 7.86. The van der Waals surface area contributed by atoms with Crippen LogP contribution in [0.15, 0.2) is 22.6 Å². The van der Waals surface area contributed by atoms with Gasteiger partial charge in [-0.3, -0.25) is 19.4 Å². The van der Waals surface area contributed by atoms with Gasteiger partial charge in [0.1, 0.15) is 16.6 Å². The molecule has 0 radical (unpaired) electrons. The molecule has 1 atom stereocenters. The highest BCUT2D eigenvalue weighted by atomic mass is 32.1. The van der Waals surface area contributed by atoms with Gasteiger partial charge in [0.05, 0.1) is 18.5 Å². The Morgan fingerprint density at radius 3 is 3.21 bits per heavy atom. The van der Waals surface area contributed by atoms with Gasteiger partial charge >= 0.3 is 0 Å². The maximum atomic E-state index is 12.4. The van der Waals surface area contributed by atoms with Gasteiger partial charge in [-0.2, -0.15) is 5.10 Å². The molecule has 1 aliphatic rings. The Morgan fingerprint density at radius 2 is 2.38 bits per heavy atom. The molecule has 1 N–H and O–H groups in total. The van der Waals surface area contributed by atoms with Crippen molar-refractivity contribution >= 4 is 21.6 Å². The fraction of sp³-hybridized carbons (Fsp3) is 0.467. The third kappa shape index (κ3) is 2.97. The quantitative estimate of drug-likeness (QED) is 0.757.